The highest BCUT2D eigenvalue weighted by Gasteiger charge is 2.16. The summed E-state index contributed by atoms with van der Waals surface area (Å²) in [5.74, 6) is -0.0963. The molecule has 1 aliphatic carbocycles. The predicted octanol–water partition coefficient (Wildman–Crippen LogP) is 1.72. The maximum absolute atomic E-state index is 10.4. The van der Waals surface area contributed by atoms with E-state index >= 15 is 0 Å². The van der Waals surface area contributed by atoms with Gasteiger partial charge in [-0.25, -0.2) is 0 Å². The number of likely N-dealkylation sites (N-methyl/N-ethyl adjacent to an activating group) is 1. The second kappa shape index (κ2) is 7.67. The van der Waals surface area contributed by atoms with Crippen LogP contribution in [0.4, 0.5) is 0 Å². The fourth-order valence-electron chi connectivity index (χ4n) is 2.60. The molecule has 0 spiro atoms. The summed E-state index contributed by atoms with van der Waals surface area (Å²) in [6.45, 7) is 1.42. The van der Waals surface area contributed by atoms with Crippen molar-refractivity contribution in [2.45, 2.75) is 51.0 Å². The summed E-state index contributed by atoms with van der Waals surface area (Å²) in [5, 5.41) is 18.1. The third-order valence-corrected chi connectivity index (χ3v) is 3.58. The highest BCUT2D eigenvalue weighted by atomic mass is 16.4. The van der Waals surface area contributed by atoms with E-state index in [0.29, 0.717) is 6.54 Å². The van der Waals surface area contributed by atoms with Crippen LogP contribution in [0.2, 0.25) is 0 Å². The fraction of sp³-hybridized carbons (Fsp3) is 0.923. The minimum atomic E-state index is -0.932. The molecule has 1 fully saturated rings. The SMILES string of the molecule is CN(CCC1CCCCC1)CC(O)CC(=O)O. The first-order valence-corrected chi connectivity index (χ1v) is 6.66. The third kappa shape index (κ3) is 6.64. The molecule has 0 aromatic carbocycles. The van der Waals surface area contributed by atoms with Crippen molar-refractivity contribution in [2.24, 2.45) is 5.92 Å². The first-order chi connectivity index (χ1) is 8.08. The Kier molecular flexibility index (Phi) is 6.52. The van der Waals surface area contributed by atoms with Crippen LogP contribution in [0.5, 0.6) is 0 Å². The first kappa shape index (κ1) is 14.5. The Morgan fingerprint density at radius 1 is 1.35 bits per heavy atom. The molecule has 4 nitrogen and oxygen atoms in total. The lowest BCUT2D eigenvalue weighted by Gasteiger charge is -2.25. The third-order valence-electron chi connectivity index (χ3n) is 3.58. The van der Waals surface area contributed by atoms with Gasteiger partial charge in [0.1, 0.15) is 0 Å². The molecule has 0 amide bonds. The largest absolute Gasteiger partial charge is 0.481 e. The summed E-state index contributed by atoms with van der Waals surface area (Å²) in [7, 11) is 1.95. The summed E-state index contributed by atoms with van der Waals surface area (Å²) in [5.41, 5.74) is 0. The number of rotatable bonds is 7. The van der Waals surface area contributed by atoms with E-state index in [1.807, 2.05) is 11.9 Å². The minimum absolute atomic E-state index is 0.159. The topological polar surface area (TPSA) is 60.8 Å². The van der Waals surface area contributed by atoms with E-state index in [9.17, 15) is 9.90 Å². The van der Waals surface area contributed by atoms with E-state index in [1.165, 1.54) is 38.5 Å². The van der Waals surface area contributed by atoms with Gasteiger partial charge < -0.3 is 15.1 Å². The van der Waals surface area contributed by atoms with Crippen molar-refractivity contribution in [3.05, 3.63) is 0 Å². The number of hydrogen-bond acceptors (Lipinski definition) is 3. The number of aliphatic hydroxyl groups excluding tert-OH is 1. The van der Waals surface area contributed by atoms with Gasteiger partial charge in [-0.3, -0.25) is 4.79 Å². The van der Waals surface area contributed by atoms with Crippen molar-refractivity contribution in [1.29, 1.82) is 0 Å². The summed E-state index contributed by atoms with van der Waals surface area (Å²) >= 11 is 0. The molecule has 1 aliphatic rings. The molecule has 0 radical (unpaired) electrons. The Bertz CT molecular complexity index is 227. The Labute approximate surface area is 104 Å². The molecule has 0 bridgehead atoms. The molecular formula is C13H25NO3. The normalized spacial score (nSPS) is 19.5. The number of nitrogens with zero attached hydrogens (tertiary/aromatic N) is 1. The number of carboxylic acid groups (broad SMARTS) is 1. The van der Waals surface area contributed by atoms with Crippen LogP contribution in [0, 0.1) is 5.92 Å². The molecule has 1 rings (SSSR count). The highest BCUT2D eigenvalue weighted by molar-refractivity contribution is 5.67. The Morgan fingerprint density at radius 3 is 2.59 bits per heavy atom. The van der Waals surface area contributed by atoms with Gasteiger partial charge in [-0.1, -0.05) is 32.1 Å². The van der Waals surface area contributed by atoms with Gasteiger partial charge in [0.2, 0.25) is 0 Å². The summed E-state index contributed by atoms with van der Waals surface area (Å²) in [4.78, 5) is 12.5. The second-order valence-corrected chi connectivity index (χ2v) is 5.31. The molecule has 0 aromatic rings. The molecule has 0 heterocycles. The average Bonchev–Trinajstić information content (AvgIpc) is 2.26. The lowest BCUT2D eigenvalue weighted by Crippen LogP contribution is -2.32. The van der Waals surface area contributed by atoms with Crippen LogP contribution in [0.25, 0.3) is 0 Å². The van der Waals surface area contributed by atoms with Crippen molar-refractivity contribution in [1.82, 2.24) is 4.90 Å². The second-order valence-electron chi connectivity index (χ2n) is 5.31. The van der Waals surface area contributed by atoms with Gasteiger partial charge in [-0.2, -0.15) is 0 Å². The molecule has 4 heteroatoms. The number of hydrogen-bond donors (Lipinski definition) is 2. The van der Waals surface area contributed by atoms with Gasteiger partial charge in [-0.15, -0.1) is 0 Å². The van der Waals surface area contributed by atoms with Gasteiger partial charge in [-0.05, 0) is 25.9 Å². The lowest BCUT2D eigenvalue weighted by atomic mass is 9.87. The molecular weight excluding hydrogens is 218 g/mol. The van der Waals surface area contributed by atoms with Crippen molar-refractivity contribution >= 4 is 5.97 Å². The number of aliphatic hydroxyl groups is 1. The van der Waals surface area contributed by atoms with Gasteiger partial charge in [0.15, 0.2) is 0 Å². The van der Waals surface area contributed by atoms with E-state index < -0.39 is 12.1 Å². The van der Waals surface area contributed by atoms with Crippen LogP contribution in [0.15, 0.2) is 0 Å². The van der Waals surface area contributed by atoms with E-state index in [1.54, 1.807) is 0 Å². The standard InChI is InChI=1S/C13H25NO3/c1-14(10-12(15)9-13(16)17)8-7-11-5-3-2-4-6-11/h11-12,15H,2-10H2,1H3,(H,16,17). The zero-order valence-electron chi connectivity index (χ0n) is 10.8. The Hall–Kier alpha value is -0.610. The van der Waals surface area contributed by atoms with Crippen LogP contribution in [-0.2, 0) is 4.79 Å². The summed E-state index contributed by atoms with van der Waals surface area (Å²) in [6, 6.07) is 0. The minimum Gasteiger partial charge on any atom is -0.481 e. The zero-order chi connectivity index (χ0) is 12.7. The molecule has 100 valence electrons. The first-order valence-electron chi connectivity index (χ1n) is 6.66. The monoisotopic (exact) mass is 243 g/mol. The maximum atomic E-state index is 10.4. The molecule has 2 N–H and O–H groups in total. The molecule has 0 saturated heterocycles. The number of aliphatic carboxylic acids is 1. The van der Waals surface area contributed by atoms with Crippen molar-refractivity contribution in [3.8, 4) is 0 Å². The fourth-order valence-corrected chi connectivity index (χ4v) is 2.60. The van der Waals surface area contributed by atoms with E-state index in [2.05, 4.69) is 0 Å². The molecule has 17 heavy (non-hydrogen) atoms. The highest BCUT2D eigenvalue weighted by Crippen LogP contribution is 2.26. The van der Waals surface area contributed by atoms with Gasteiger partial charge in [0, 0.05) is 6.54 Å². The van der Waals surface area contributed by atoms with Crippen molar-refractivity contribution < 1.29 is 15.0 Å². The predicted molar refractivity (Wildman–Crippen MR) is 66.9 cm³/mol. The molecule has 0 aromatic heterocycles. The number of carbonyl (C=O) groups is 1. The maximum Gasteiger partial charge on any atom is 0.306 e. The van der Waals surface area contributed by atoms with Gasteiger partial charge in [0.05, 0.1) is 12.5 Å². The van der Waals surface area contributed by atoms with Crippen LogP contribution in [0.1, 0.15) is 44.9 Å². The summed E-state index contributed by atoms with van der Waals surface area (Å²) in [6.07, 6.45) is 7.04. The zero-order valence-corrected chi connectivity index (χ0v) is 10.8. The Balaban J connectivity index is 2.11. The lowest BCUT2D eigenvalue weighted by molar-refractivity contribution is -0.139. The molecule has 0 aliphatic heterocycles. The van der Waals surface area contributed by atoms with Gasteiger partial charge >= 0.3 is 5.97 Å². The van der Waals surface area contributed by atoms with Crippen molar-refractivity contribution in [3.63, 3.8) is 0 Å². The quantitative estimate of drug-likeness (QED) is 0.715. The van der Waals surface area contributed by atoms with Crippen LogP contribution < -0.4 is 0 Å². The van der Waals surface area contributed by atoms with E-state index in [-0.39, 0.29) is 6.42 Å². The number of carboxylic acids is 1. The average molecular weight is 243 g/mol. The molecule has 1 saturated carbocycles. The summed E-state index contributed by atoms with van der Waals surface area (Å²) < 4.78 is 0. The smallest absolute Gasteiger partial charge is 0.306 e. The molecule has 1 unspecified atom stereocenters. The van der Waals surface area contributed by atoms with Crippen LogP contribution in [0.3, 0.4) is 0 Å². The van der Waals surface area contributed by atoms with Crippen LogP contribution in [-0.4, -0.2) is 47.3 Å². The van der Waals surface area contributed by atoms with E-state index in [4.69, 9.17) is 5.11 Å². The molecule has 1 atom stereocenters. The van der Waals surface area contributed by atoms with Crippen molar-refractivity contribution in [2.75, 3.05) is 20.1 Å². The van der Waals surface area contributed by atoms with Gasteiger partial charge in [0.25, 0.3) is 0 Å². The van der Waals surface area contributed by atoms with E-state index in [0.717, 1.165) is 12.5 Å². The van der Waals surface area contributed by atoms with Crippen LogP contribution >= 0.6 is 0 Å². The Morgan fingerprint density at radius 2 is 2.00 bits per heavy atom.